The molecule has 0 aromatic heterocycles. The fraction of sp³-hybridized carbons (Fsp3) is 0.0667. The van der Waals surface area contributed by atoms with Crippen LogP contribution in [0.15, 0.2) is 36.4 Å². The van der Waals surface area contributed by atoms with Gasteiger partial charge in [-0.05, 0) is 30.3 Å². The van der Waals surface area contributed by atoms with Gasteiger partial charge in [0.05, 0.1) is 11.1 Å². The van der Waals surface area contributed by atoms with E-state index in [0.29, 0.717) is 0 Å². The molecule has 0 aliphatic carbocycles. The summed E-state index contributed by atoms with van der Waals surface area (Å²) in [6.45, 7) is 0. The smallest absolute Gasteiger partial charge is 0.184 e. The Hall–Kier alpha value is -1.96. The maximum absolute atomic E-state index is 13.8. The summed E-state index contributed by atoms with van der Waals surface area (Å²) in [4.78, 5) is 12.3. The molecule has 2 aromatic rings. The van der Waals surface area contributed by atoms with E-state index < -0.39 is 23.3 Å². The third-order valence-electron chi connectivity index (χ3n) is 2.88. The van der Waals surface area contributed by atoms with Crippen molar-refractivity contribution >= 4 is 29.0 Å². The van der Waals surface area contributed by atoms with E-state index in [2.05, 4.69) is 0 Å². The van der Waals surface area contributed by atoms with E-state index in [9.17, 15) is 13.6 Å². The number of nitrogens with zero attached hydrogens (tertiary/aromatic N) is 1. The van der Waals surface area contributed by atoms with Crippen LogP contribution < -0.4 is 0 Å². The van der Waals surface area contributed by atoms with Crippen molar-refractivity contribution in [2.75, 3.05) is 0 Å². The molecule has 0 radical (unpaired) electrons. The number of benzene rings is 2. The summed E-state index contributed by atoms with van der Waals surface area (Å²) in [6, 6.07) is 8.91. The molecule has 1 unspecified atom stereocenters. The number of hydrogen-bond donors (Lipinski definition) is 0. The fourth-order valence-electron chi connectivity index (χ4n) is 1.86. The van der Waals surface area contributed by atoms with E-state index >= 15 is 0 Å². The van der Waals surface area contributed by atoms with E-state index in [1.165, 1.54) is 24.3 Å². The maximum atomic E-state index is 13.8. The molecule has 106 valence electrons. The lowest BCUT2D eigenvalue weighted by Gasteiger charge is -2.11. The van der Waals surface area contributed by atoms with Crippen LogP contribution in [0.4, 0.5) is 8.78 Å². The number of halogens is 4. The van der Waals surface area contributed by atoms with Crippen LogP contribution in [0.1, 0.15) is 21.8 Å². The van der Waals surface area contributed by atoms with Gasteiger partial charge in [-0.25, -0.2) is 8.78 Å². The van der Waals surface area contributed by atoms with Gasteiger partial charge in [0.15, 0.2) is 5.78 Å². The fourth-order valence-corrected chi connectivity index (χ4v) is 2.25. The third kappa shape index (κ3) is 3.05. The van der Waals surface area contributed by atoms with Gasteiger partial charge >= 0.3 is 0 Å². The van der Waals surface area contributed by atoms with Crippen LogP contribution in [-0.2, 0) is 0 Å². The topological polar surface area (TPSA) is 40.9 Å². The van der Waals surface area contributed by atoms with Crippen molar-refractivity contribution in [3.63, 3.8) is 0 Å². The number of nitriles is 1. The summed E-state index contributed by atoms with van der Waals surface area (Å²) in [6.07, 6.45) is 0. The van der Waals surface area contributed by atoms with E-state index in [1.807, 2.05) is 0 Å². The second-order valence-corrected chi connectivity index (χ2v) is 5.00. The molecular weight excluding hydrogens is 319 g/mol. The molecule has 0 aliphatic heterocycles. The van der Waals surface area contributed by atoms with Crippen molar-refractivity contribution in [3.8, 4) is 6.07 Å². The second kappa shape index (κ2) is 6.21. The van der Waals surface area contributed by atoms with Gasteiger partial charge in [0.2, 0.25) is 0 Å². The Bertz CT molecular complexity index is 736. The number of hydrogen-bond acceptors (Lipinski definition) is 2. The summed E-state index contributed by atoms with van der Waals surface area (Å²) in [5.74, 6) is -3.77. The monoisotopic (exact) mass is 325 g/mol. The summed E-state index contributed by atoms with van der Waals surface area (Å²) < 4.78 is 27.2. The Kier molecular flexibility index (Phi) is 4.56. The van der Waals surface area contributed by atoms with E-state index in [1.54, 1.807) is 6.07 Å². The van der Waals surface area contributed by atoms with Crippen molar-refractivity contribution in [1.29, 1.82) is 5.26 Å². The molecule has 0 fully saturated rings. The Morgan fingerprint density at radius 3 is 2.38 bits per heavy atom. The standard InChI is InChI=1S/C15H7Cl2F2NO/c16-10-5-4-8(6-13(10)19)15(21)9(7-20)14-11(17)2-1-3-12(14)18/h1-6,9H. The van der Waals surface area contributed by atoms with Gasteiger partial charge in [-0.3, -0.25) is 4.79 Å². The lowest BCUT2D eigenvalue weighted by Crippen LogP contribution is -2.13. The Morgan fingerprint density at radius 2 is 1.81 bits per heavy atom. The van der Waals surface area contributed by atoms with Crippen LogP contribution in [0.2, 0.25) is 10.0 Å². The Labute approximate surface area is 129 Å². The minimum Gasteiger partial charge on any atom is -0.292 e. The van der Waals surface area contributed by atoms with E-state index in [4.69, 9.17) is 28.5 Å². The van der Waals surface area contributed by atoms with Crippen LogP contribution in [0.25, 0.3) is 0 Å². The van der Waals surface area contributed by atoms with Gasteiger partial charge in [0, 0.05) is 16.1 Å². The lowest BCUT2D eigenvalue weighted by molar-refractivity contribution is 0.0977. The van der Waals surface area contributed by atoms with E-state index in [0.717, 1.165) is 12.1 Å². The van der Waals surface area contributed by atoms with Crippen molar-refractivity contribution in [1.82, 2.24) is 0 Å². The normalized spacial score (nSPS) is 11.8. The highest BCUT2D eigenvalue weighted by molar-refractivity contribution is 6.32. The summed E-state index contributed by atoms with van der Waals surface area (Å²) in [5, 5.41) is 8.98. The highest BCUT2D eigenvalue weighted by atomic mass is 35.5. The number of carbonyl (C=O) groups is 1. The van der Waals surface area contributed by atoms with Gasteiger partial charge in [-0.1, -0.05) is 29.3 Å². The van der Waals surface area contributed by atoms with Gasteiger partial charge in [-0.15, -0.1) is 0 Å². The molecule has 2 nitrogen and oxygen atoms in total. The molecule has 2 rings (SSSR count). The van der Waals surface area contributed by atoms with Gasteiger partial charge in [0.1, 0.15) is 17.6 Å². The Balaban J connectivity index is 2.49. The van der Waals surface area contributed by atoms with Crippen molar-refractivity contribution in [2.24, 2.45) is 0 Å². The molecule has 0 bridgehead atoms. The third-order valence-corrected chi connectivity index (χ3v) is 3.52. The highest BCUT2D eigenvalue weighted by Crippen LogP contribution is 2.30. The highest BCUT2D eigenvalue weighted by Gasteiger charge is 2.27. The Morgan fingerprint density at radius 1 is 1.10 bits per heavy atom. The number of Topliss-reactive ketones (excluding diaryl/α,β-unsaturated/α-hetero) is 1. The van der Waals surface area contributed by atoms with E-state index in [-0.39, 0.29) is 21.2 Å². The number of rotatable bonds is 3. The van der Waals surface area contributed by atoms with Crippen molar-refractivity contribution < 1.29 is 13.6 Å². The molecular formula is C15H7Cl2F2NO. The minimum atomic E-state index is -1.46. The maximum Gasteiger partial charge on any atom is 0.184 e. The molecule has 0 spiro atoms. The van der Waals surface area contributed by atoms with Crippen LogP contribution in [-0.4, -0.2) is 5.78 Å². The number of carbonyl (C=O) groups excluding carboxylic acids is 1. The molecule has 21 heavy (non-hydrogen) atoms. The molecule has 1 atom stereocenters. The number of ketones is 1. The van der Waals surface area contributed by atoms with Crippen molar-refractivity contribution in [2.45, 2.75) is 5.92 Å². The molecule has 0 N–H and O–H groups in total. The molecule has 0 saturated carbocycles. The van der Waals surface area contributed by atoms with Crippen LogP contribution in [0.3, 0.4) is 0 Å². The van der Waals surface area contributed by atoms with Crippen LogP contribution in [0, 0.1) is 23.0 Å². The summed E-state index contributed by atoms with van der Waals surface area (Å²) in [5.41, 5.74) is -0.301. The summed E-state index contributed by atoms with van der Waals surface area (Å²) >= 11 is 11.4. The first kappa shape index (κ1) is 15.4. The quantitative estimate of drug-likeness (QED) is 0.763. The predicted molar refractivity (Wildman–Crippen MR) is 75.5 cm³/mol. The molecule has 0 saturated heterocycles. The average molecular weight is 326 g/mol. The van der Waals surface area contributed by atoms with Crippen molar-refractivity contribution in [3.05, 3.63) is 69.2 Å². The molecule has 0 heterocycles. The minimum absolute atomic E-state index is 0.0377. The lowest BCUT2D eigenvalue weighted by atomic mass is 9.91. The molecule has 2 aromatic carbocycles. The largest absolute Gasteiger partial charge is 0.292 e. The first-order valence-corrected chi connectivity index (χ1v) is 6.54. The zero-order valence-corrected chi connectivity index (χ0v) is 11.9. The van der Waals surface area contributed by atoms with Gasteiger partial charge in [-0.2, -0.15) is 5.26 Å². The van der Waals surface area contributed by atoms with Crippen LogP contribution >= 0.6 is 23.2 Å². The van der Waals surface area contributed by atoms with Gasteiger partial charge in [0.25, 0.3) is 0 Å². The molecule has 6 heteroatoms. The zero-order chi connectivity index (χ0) is 15.6. The zero-order valence-electron chi connectivity index (χ0n) is 10.4. The summed E-state index contributed by atoms with van der Waals surface area (Å²) in [7, 11) is 0. The van der Waals surface area contributed by atoms with Crippen LogP contribution in [0.5, 0.6) is 0 Å². The van der Waals surface area contributed by atoms with Gasteiger partial charge < -0.3 is 0 Å². The SMILES string of the molecule is N#CC(C(=O)c1ccc(Cl)c(F)c1)c1c(F)cccc1Cl. The first-order chi connectivity index (χ1) is 9.95. The first-order valence-electron chi connectivity index (χ1n) is 5.78. The molecule has 0 aliphatic rings. The molecule has 0 amide bonds. The second-order valence-electron chi connectivity index (χ2n) is 4.19. The average Bonchev–Trinajstić information content (AvgIpc) is 2.45. The predicted octanol–water partition coefficient (Wildman–Crippen LogP) is 4.76.